The van der Waals surface area contributed by atoms with E-state index in [4.69, 9.17) is 0 Å². The summed E-state index contributed by atoms with van der Waals surface area (Å²) < 4.78 is 40.0. The van der Waals surface area contributed by atoms with E-state index in [0.717, 1.165) is 30.2 Å². The van der Waals surface area contributed by atoms with Crippen LogP contribution in [-0.2, 0) is 4.74 Å². The third-order valence-corrected chi connectivity index (χ3v) is 4.85. The highest BCUT2D eigenvalue weighted by Gasteiger charge is 2.64. The van der Waals surface area contributed by atoms with E-state index >= 15 is 0 Å². The molecule has 18 heavy (non-hydrogen) atoms. The Morgan fingerprint density at radius 2 is 1.78 bits per heavy atom. The molecule has 0 aliphatic heterocycles. The van der Waals surface area contributed by atoms with Gasteiger partial charge in [0.15, 0.2) is 0 Å². The summed E-state index contributed by atoms with van der Waals surface area (Å²) in [5, 5.41) is 3.50. The Kier molecular flexibility index (Phi) is 3.30. The van der Waals surface area contributed by atoms with Crippen LogP contribution in [0.5, 0.6) is 0 Å². The summed E-state index contributed by atoms with van der Waals surface area (Å²) in [6.45, 7) is -0.137. The van der Waals surface area contributed by atoms with E-state index < -0.39 is 12.8 Å². The summed E-state index contributed by atoms with van der Waals surface area (Å²) in [6.07, 6.45) is 0.709. The molecule has 0 aromatic rings. The Balaban J connectivity index is 1.25. The highest BCUT2D eigenvalue weighted by Crippen LogP contribution is 2.65. The maximum atomic E-state index is 11.8. The molecule has 0 amide bonds. The van der Waals surface area contributed by atoms with E-state index in [1.165, 1.54) is 19.3 Å². The molecule has 0 radical (unpaired) electrons. The van der Waals surface area contributed by atoms with Gasteiger partial charge in [-0.15, -0.1) is 0 Å². The van der Waals surface area contributed by atoms with Crippen LogP contribution in [0.1, 0.15) is 25.7 Å². The number of alkyl halides is 3. The minimum absolute atomic E-state index is 0.196. The van der Waals surface area contributed by atoms with Crippen LogP contribution in [0.2, 0.25) is 0 Å². The molecular weight excluding hydrogens is 243 g/mol. The molecule has 3 aliphatic carbocycles. The standard InChI is InChI=1S/C13H20F3NO/c14-13(15,16)7-18-5-1-4-17-12-10-8-2-3-9(6-8)11(10)12/h8-12,17H,1-7H2. The van der Waals surface area contributed by atoms with Crippen molar-refractivity contribution in [1.82, 2.24) is 5.32 Å². The molecule has 0 aromatic carbocycles. The molecule has 104 valence electrons. The summed E-state index contributed by atoms with van der Waals surface area (Å²) in [7, 11) is 0. The van der Waals surface area contributed by atoms with Gasteiger partial charge < -0.3 is 10.1 Å². The van der Waals surface area contributed by atoms with Gasteiger partial charge in [-0.1, -0.05) is 0 Å². The number of ether oxygens (including phenoxy) is 1. The Labute approximate surface area is 105 Å². The van der Waals surface area contributed by atoms with Crippen LogP contribution in [0.3, 0.4) is 0 Å². The monoisotopic (exact) mass is 263 g/mol. The fourth-order valence-electron chi connectivity index (χ4n) is 4.23. The maximum absolute atomic E-state index is 11.8. The number of hydrogen-bond acceptors (Lipinski definition) is 2. The molecule has 2 nitrogen and oxygen atoms in total. The van der Waals surface area contributed by atoms with E-state index in [1.807, 2.05) is 0 Å². The zero-order valence-electron chi connectivity index (χ0n) is 10.4. The Morgan fingerprint density at radius 1 is 1.11 bits per heavy atom. The molecule has 0 aromatic heterocycles. The van der Waals surface area contributed by atoms with Crippen LogP contribution in [0, 0.1) is 23.7 Å². The van der Waals surface area contributed by atoms with Gasteiger partial charge in [-0.25, -0.2) is 0 Å². The quantitative estimate of drug-likeness (QED) is 0.744. The largest absolute Gasteiger partial charge is 0.411 e. The third kappa shape index (κ3) is 2.52. The molecule has 1 N–H and O–H groups in total. The second kappa shape index (κ2) is 4.67. The fourth-order valence-corrected chi connectivity index (χ4v) is 4.23. The molecule has 3 saturated carbocycles. The van der Waals surface area contributed by atoms with Gasteiger partial charge in [0.2, 0.25) is 0 Å². The van der Waals surface area contributed by atoms with Gasteiger partial charge in [0, 0.05) is 12.6 Å². The number of fused-ring (bicyclic) bond motifs is 5. The molecule has 2 bridgehead atoms. The Bertz CT molecular complexity index is 291. The highest BCUT2D eigenvalue weighted by atomic mass is 19.4. The first-order valence-corrected chi connectivity index (χ1v) is 6.94. The first kappa shape index (κ1) is 12.7. The van der Waals surface area contributed by atoms with Gasteiger partial charge in [0.25, 0.3) is 0 Å². The SMILES string of the molecule is FC(F)(F)COCCCNC1C2C3CCC(C3)C12. The zero-order chi connectivity index (χ0) is 12.8. The predicted molar refractivity (Wildman–Crippen MR) is 61.1 cm³/mol. The predicted octanol–water partition coefficient (Wildman–Crippen LogP) is 2.59. The van der Waals surface area contributed by atoms with Crippen LogP contribution in [0.4, 0.5) is 13.2 Å². The Hall–Kier alpha value is -0.290. The summed E-state index contributed by atoms with van der Waals surface area (Å²) >= 11 is 0. The number of halogens is 3. The highest BCUT2D eigenvalue weighted by molar-refractivity contribution is 5.16. The summed E-state index contributed by atoms with van der Waals surface area (Å²) in [6, 6.07) is 0.666. The third-order valence-electron chi connectivity index (χ3n) is 4.85. The minimum Gasteiger partial charge on any atom is -0.372 e. The zero-order valence-corrected chi connectivity index (χ0v) is 10.4. The minimum atomic E-state index is -4.19. The first-order chi connectivity index (χ1) is 8.56. The van der Waals surface area contributed by atoms with Gasteiger partial charge in [0.05, 0.1) is 0 Å². The van der Waals surface area contributed by atoms with E-state index in [0.29, 0.717) is 12.5 Å². The van der Waals surface area contributed by atoms with Gasteiger partial charge in [-0.05, 0) is 55.9 Å². The van der Waals surface area contributed by atoms with Crippen LogP contribution < -0.4 is 5.32 Å². The molecule has 4 unspecified atom stereocenters. The molecule has 5 heteroatoms. The average Bonchev–Trinajstić information content (AvgIpc) is 2.68. The molecule has 0 spiro atoms. The van der Waals surface area contributed by atoms with Gasteiger partial charge >= 0.3 is 6.18 Å². The summed E-state index contributed by atoms with van der Waals surface area (Å²) in [5.41, 5.74) is 0. The smallest absolute Gasteiger partial charge is 0.372 e. The Morgan fingerprint density at radius 3 is 2.39 bits per heavy atom. The van der Waals surface area contributed by atoms with E-state index in [9.17, 15) is 13.2 Å². The number of rotatable bonds is 6. The van der Waals surface area contributed by atoms with Gasteiger partial charge in [-0.3, -0.25) is 0 Å². The van der Waals surface area contributed by atoms with E-state index in [-0.39, 0.29) is 6.61 Å². The molecule has 3 aliphatic rings. The second-order valence-electron chi connectivity index (χ2n) is 5.99. The average molecular weight is 263 g/mol. The summed E-state index contributed by atoms with van der Waals surface area (Å²) in [5.74, 6) is 3.66. The lowest BCUT2D eigenvalue weighted by Gasteiger charge is -2.11. The topological polar surface area (TPSA) is 21.3 Å². The van der Waals surface area contributed by atoms with Gasteiger partial charge in [-0.2, -0.15) is 13.2 Å². The van der Waals surface area contributed by atoms with Crippen molar-refractivity contribution < 1.29 is 17.9 Å². The number of hydrogen-bond donors (Lipinski definition) is 1. The fraction of sp³-hybridized carbons (Fsp3) is 1.00. The molecular formula is C13H20F3NO. The van der Waals surface area contributed by atoms with E-state index in [2.05, 4.69) is 10.1 Å². The lowest BCUT2D eigenvalue weighted by Crippen LogP contribution is -2.25. The molecule has 0 heterocycles. The van der Waals surface area contributed by atoms with Crippen molar-refractivity contribution in [3.8, 4) is 0 Å². The molecule has 3 rings (SSSR count). The van der Waals surface area contributed by atoms with Crippen LogP contribution in [0.15, 0.2) is 0 Å². The van der Waals surface area contributed by atoms with Crippen LogP contribution >= 0.6 is 0 Å². The lowest BCUT2D eigenvalue weighted by molar-refractivity contribution is -0.173. The van der Waals surface area contributed by atoms with Crippen molar-refractivity contribution in [3.63, 3.8) is 0 Å². The van der Waals surface area contributed by atoms with Crippen LogP contribution in [0.25, 0.3) is 0 Å². The molecule has 4 atom stereocenters. The normalized spacial score (nSPS) is 41.2. The second-order valence-corrected chi connectivity index (χ2v) is 5.99. The van der Waals surface area contributed by atoms with Crippen molar-refractivity contribution >= 4 is 0 Å². The molecule has 3 fully saturated rings. The lowest BCUT2D eigenvalue weighted by atomic mass is 10.0. The molecule has 0 saturated heterocycles. The van der Waals surface area contributed by atoms with E-state index in [1.54, 1.807) is 0 Å². The first-order valence-electron chi connectivity index (χ1n) is 6.94. The van der Waals surface area contributed by atoms with Crippen molar-refractivity contribution in [1.29, 1.82) is 0 Å². The van der Waals surface area contributed by atoms with Crippen molar-refractivity contribution in [2.24, 2.45) is 23.7 Å². The maximum Gasteiger partial charge on any atom is 0.411 e. The number of nitrogens with one attached hydrogen (secondary N) is 1. The van der Waals surface area contributed by atoms with Crippen molar-refractivity contribution in [2.75, 3.05) is 19.8 Å². The van der Waals surface area contributed by atoms with Crippen LogP contribution in [-0.4, -0.2) is 32.0 Å². The van der Waals surface area contributed by atoms with Gasteiger partial charge in [0.1, 0.15) is 6.61 Å². The van der Waals surface area contributed by atoms with Crippen molar-refractivity contribution in [2.45, 2.75) is 37.9 Å². The van der Waals surface area contributed by atoms with Crippen molar-refractivity contribution in [3.05, 3.63) is 0 Å². The summed E-state index contributed by atoms with van der Waals surface area (Å²) in [4.78, 5) is 0.